The Labute approximate surface area is 214 Å². The molecule has 0 radical (unpaired) electrons. The Morgan fingerprint density at radius 2 is 1.92 bits per heavy atom. The molecule has 1 aromatic carbocycles. The molecule has 0 saturated heterocycles. The van der Waals surface area contributed by atoms with Crippen molar-refractivity contribution in [2.75, 3.05) is 33.3 Å². The van der Waals surface area contributed by atoms with Crippen LogP contribution in [0.2, 0.25) is 0 Å². The lowest BCUT2D eigenvalue weighted by Gasteiger charge is -2.38. The molecule has 0 spiro atoms. The van der Waals surface area contributed by atoms with Crippen molar-refractivity contribution < 1.29 is 14.6 Å². The number of ether oxygens (including phenoxy) is 1. The second-order valence-corrected chi connectivity index (χ2v) is 10.6. The smallest absolute Gasteiger partial charge is 0.259 e. The number of carbonyl (C=O) groups excluding carboxylic acids is 1. The number of nitrogens with zero attached hydrogens (tertiary/aromatic N) is 4. The lowest BCUT2D eigenvalue weighted by molar-refractivity contribution is 0.0314. The molecule has 4 rings (SSSR count). The van der Waals surface area contributed by atoms with Crippen molar-refractivity contribution in [3.8, 4) is 23.1 Å². The van der Waals surface area contributed by atoms with E-state index in [1.165, 1.54) is 32.1 Å². The summed E-state index contributed by atoms with van der Waals surface area (Å²) in [6.45, 7) is 6.19. The minimum atomic E-state index is -0.315. The maximum absolute atomic E-state index is 13.7. The van der Waals surface area contributed by atoms with Crippen molar-refractivity contribution in [3.05, 3.63) is 47.7 Å². The molecule has 3 atom stereocenters. The van der Waals surface area contributed by atoms with Crippen LogP contribution in [0.15, 0.2) is 36.5 Å². The lowest BCUT2D eigenvalue weighted by Crippen LogP contribution is -2.50. The number of pyridine rings is 1. The Kier molecular flexibility index (Phi) is 8.60. The third kappa shape index (κ3) is 6.05. The van der Waals surface area contributed by atoms with E-state index < -0.39 is 0 Å². The van der Waals surface area contributed by atoms with Gasteiger partial charge in [-0.1, -0.05) is 38.3 Å². The Morgan fingerprint density at radius 1 is 1.19 bits per heavy atom. The van der Waals surface area contributed by atoms with E-state index in [0.29, 0.717) is 23.6 Å². The number of aliphatic hydroxyl groups is 1. The van der Waals surface area contributed by atoms with Gasteiger partial charge in [0.05, 0.1) is 24.3 Å². The minimum Gasteiger partial charge on any atom is -0.472 e. The number of aromatic nitrogens is 1. The highest BCUT2D eigenvalue weighted by Gasteiger charge is 2.34. The zero-order valence-corrected chi connectivity index (χ0v) is 21.7. The fourth-order valence-corrected chi connectivity index (χ4v) is 5.41. The first-order valence-electron chi connectivity index (χ1n) is 13.2. The topological polar surface area (TPSA) is 89.7 Å². The summed E-state index contributed by atoms with van der Waals surface area (Å²) in [5, 5.41) is 19.0. The average Bonchev–Trinajstić information content (AvgIpc) is 2.90. The molecule has 1 aromatic heterocycles. The van der Waals surface area contributed by atoms with Crippen LogP contribution in [0.1, 0.15) is 61.9 Å². The van der Waals surface area contributed by atoms with Crippen molar-refractivity contribution >= 4 is 5.91 Å². The molecule has 1 fully saturated rings. The molecule has 0 unspecified atom stereocenters. The number of rotatable bonds is 7. The molecular weight excluding hydrogens is 452 g/mol. The average molecular weight is 491 g/mol. The highest BCUT2D eigenvalue weighted by Crippen LogP contribution is 2.31. The first kappa shape index (κ1) is 26.1. The van der Waals surface area contributed by atoms with E-state index in [0.717, 1.165) is 30.1 Å². The minimum absolute atomic E-state index is 0.0740. The predicted molar refractivity (Wildman–Crippen MR) is 140 cm³/mol. The summed E-state index contributed by atoms with van der Waals surface area (Å²) in [5.74, 6) is 0.968. The van der Waals surface area contributed by atoms with Crippen LogP contribution in [-0.4, -0.2) is 71.2 Å². The second kappa shape index (κ2) is 11.9. The third-order valence-corrected chi connectivity index (χ3v) is 7.65. The van der Waals surface area contributed by atoms with Crippen molar-refractivity contribution in [2.24, 2.45) is 11.8 Å². The van der Waals surface area contributed by atoms with Crippen LogP contribution >= 0.6 is 0 Å². The number of benzene rings is 1. The van der Waals surface area contributed by atoms with E-state index in [1.807, 2.05) is 25.1 Å². The van der Waals surface area contributed by atoms with E-state index in [9.17, 15) is 9.90 Å². The maximum atomic E-state index is 13.7. The van der Waals surface area contributed by atoms with Gasteiger partial charge < -0.3 is 19.6 Å². The number of hydrogen-bond donors (Lipinski definition) is 1. The van der Waals surface area contributed by atoms with Gasteiger partial charge in [0.15, 0.2) is 0 Å². The molecule has 1 amide bonds. The van der Waals surface area contributed by atoms with Crippen LogP contribution in [0.25, 0.3) is 11.1 Å². The normalized spacial score (nSPS) is 21.8. The zero-order chi connectivity index (χ0) is 25.7. The zero-order valence-electron chi connectivity index (χ0n) is 21.7. The Bertz CT molecular complexity index is 1070. The number of likely N-dealkylation sites (N-methyl/N-ethyl adjacent to an activating group) is 1. The third-order valence-electron chi connectivity index (χ3n) is 7.65. The summed E-state index contributed by atoms with van der Waals surface area (Å²) in [5.41, 5.74) is 2.64. The van der Waals surface area contributed by atoms with Gasteiger partial charge in [0.2, 0.25) is 5.88 Å². The van der Waals surface area contributed by atoms with Gasteiger partial charge in [-0.3, -0.25) is 4.79 Å². The van der Waals surface area contributed by atoms with Gasteiger partial charge >= 0.3 is 0 Å². The second-order valence-electron chi connectivity index (χ2n) is 10.6. The molecule has 1 aliphatic carbocycles. The molecule has 1 N–H and O–H groups in total. The molecule has 2 aliphatic rings. The van der Waals surface area contributed by atoms with Crippen LogP contribution in [0.3, 0.4) is 0 Å². The number of fused-ring (bicyclic) bond motifs is 1. The largest absolute Gasteiger partial charge is 0.472 e. The van der Waals surface area contributed by atoms with E-state index in [1.54, 1.807) is 23.2 Å². The molecule has 2 aromatic rings. The van der Waals surface area contributed by atoms with Gasteiger partial charge in [-0.25, -0.2) is 4.98 Å². The van der Waals surface area contributed by atoms with Gasteiger partial charge in [-0.05, 0) is 56.5 Å². The monoisotopic (exact) mass is 490 g/mol. The molecule has 0 bridgehead atoms. The Morgan fingerprint density at radius 3 is 2.58 bits per heavy atom. The van der Waals surface area contributed by atoms with Gasteiger partial charge in [0.1, 0.15) is 11.7 Å². The first-order chi connectivity index (χ1) is 17.4. The highest BCUT2D eigenvalue weighted by atomic mass is 16.5. The van der Waals surface area contributed by atoms with Gasteiger partial charge in [-0.2, -0.15) is 5.26 Å². The van der Waals surface area contributed by atoms with Crippen LogP contribution < -0.4 is 4.74 Å². The van der Waals surface area contributed by atoms with E-state index in [4.69, 9.17) is 10.00 Å². The van der Waals surface area contributed by atoms with Gasteiger partial charge in [-0.15, -0.1) is 0 Å². The van der Waals surface area contributed by atoms with Crippen molar-refractivity contribution in [1.29, 1.82) is 5.26 Å². The summed E-state index contributed by atoms with van der Waals surface area (Å²) in [7, 11) is 2.16. The summed E-state index contributed by atoms with van der Waals surface area (Å²) in [6, 6.07) is 10.9. The van der Waals surface area contributed by atoms with Crippen molar-refractivity contribution in [3.63, 3.8) is 0 Å². The van der Waals surface area contributed by atoms with E-state index in [2.05, 4.69) is 29.9 Å². The fraction of sp³-hybridized carbons (Fsp3) is 0.552. The number of aliphatic hydroxyl groups excluding tert-OH is 1. The number of hydrogen-bond acceptors (Lipinski definition) is 6. The molecule has 1 aliphatic heterocycles. The van der Waals surface area contributed by atoms with Crippen LogP contribution in [0, 0.1) is 23.2 Å². The van der Waals surface area contributed by atoms with Crippen LogP contribution in [0.5, 0.6) is 5.88 Å². The molecule has 1 saturated carbocycles. The summed E-state index contributed by atoms with van der Waals surface area (Å²) in [4.78, 5) is 22.4. The molecular formula is C29H38N4O3. The van der Waals surface area contributed by atoms with E-state index in [-0.39, 0.29) is 30.6 Å². The SMILES string of the molecule is C[C@@H]1CN([C@H](C)CO)C(=O)c2cc(-c3ccc(C#N)cc3)cnc2O[C@H]1CN(C)CC1CCCCC1. The molecule has 36 heavy (non-hydrogen) atoms. The molecule has 7 nitrogen and oxygen atoms in total. The number of amides is 1. The molecule has 2 heterocycles. The lowest BCUT2D eigenvalue weighted by atomic mass is 9.89. The first-order valence-corrected chi connectivity index (χ1v) is 13.2. The number of nitriles is 1. The molecule has 192 valence electrons. The van der Waals surface area contributed by atoms with Crippen molar-refractivity contribution in [2.45, 2.75) is 58.1 Å². The molecule has 7 heteroatoms. The Balaban J connectivity index is 1.62. The highest BCUT2D eigenvalue weighted by molar-refractivity contribution is 5.98. The van der Waals surface area contributed by atoms with Crippen LogP contribution in [-0.2, 0) is 0 Å². The number of carbonyl (C=O) groups is 1. The van der Waals surface area contributed by atoms with Crippen LogP contribution in [0.4, 0.5) is 0 Å². The summed E-state index contributed by atoms with van der Waals surface area (Å²) >= 11 is 0. The standard InChI is InChI=1S/C29H38N4O3/c1-20-16-33(21(2)19-34)29(35)26-13-25(24-11-9-22(14-30)10-12-24)15-31-28(26)36-27(20)18-32(3)17-23-7-5-4-6-8-23/h9-13,15,20-21,23,27,34H,4-8,16-19H2,1-3H3/t20-,21-,27+/m1/s1. The summed E-state index contributed by atoms with van der Waals surface area (Å²) in [6.07, 6.45) is 8.18. The van der Waals surface area contributed by atoms with E-state index >= 15 is 0 Å². The quantitative estimate of drug-likeness (QED) is 0.621. The summed E-state index contributed by atoms with van der Waals surface area (Å²) < 4.78 is 6.46. The predicted octanol–water partition coefficient (Wildman–Crippen LogP) is 4.35. The van der Waals surface area contributed by atoms with Gasteiger partial charge in [0, 0.05) is 37.3 Å². The fourth-order valence-electron chi connectivity index (χ4n) is 5.41. The Hall–Kier alpha value is -2.95. The van der Waals surface area contributed by atoms with Crippen molar-refractivity contribution in [1.82, 2.24) is 14.8 Å². The maximum Gasteiger partial charge on any atom is 0.259 e. The van der Waals surface area contributed by atoms with Gasteiger partial charge in [0.25, 0.3) is 5.91 Å².